The van der Waals surface area contributed by atoms with E-state index in [-0.39, 0.29) is 51.3 Å². The maximum Gasteiger partial charge on any atom is 0.397 e. The van der Waals surface area contributed by atoms with E-state index in [1.54, 1.807) is 0 Å². The van der Waals surface area contributed by atoms with Gasteiger partial charge in [-0.2, -0.15) is 8.42 Å². The summed E-state index contributed by atoms with van der Waals surface area (Å²) in [6, 6.07) is 0. The van der Waals surface area contributed by atoms with E-state index in [1.165, 1.54) is 5.57 Å². The Morgan fingerprint density at radius 1 is 1.07 bits per heavy atom. The summed E-state index contributed by atoms with van der Waals surface area (Å²) in [6.45, 7) is 4.50. The molecule has 3 saturated carbocycles. The Morgan fingerprint density at radius 3 is 2.32 bits per heavy atom. The first-order valence-corrected chi connectivity index (χ1v) is 10.9. The maximum absolute atomic E-state index is 12.4. The van der Waals surface area contributed by atoms with Crippen molar-refractivity contribution in [2.75, 3.05) is 0 Å². The van der Waals surface area contributed by atoms with Crippen molar-refractivity contribution in [2.24, 2.45) is 28.6 Å². The van der Waals surface area contributed by atoms with Gasteiger partial charge >= 0.3 is 10.4 Å². The largest absolute Gasteiger partial charge is 0.412 e. The second kappa shape index (κ2) is 8.75. The van der Waals surface area contributed by atoms with Gasteiger partial charge in [0.15, 0.2) is 0 Å². The van der Waals surface area contributed by atoms with E-state index in [0.717, 1.165) is 38.5 Å². The van der Waals surface area contributed by atoms with Crippen molar-refractivity contribution in [1.29, 1.82) is 0 Å². The maximum atomic E-state index is 12.4. The van der Waals surface area contributed by atoms with E-state index in [0.29, 0.717) is 36.4 Å². The Morgan fingerprint density at radius 2 is 1.68 bits per heavy atom. The molecule has 0 amide bonds. The molecule has 0 aromatic rings. The molecule has 0 bridgehead atoms. The van der Waals surface area contributed by atoms with Crippen molar-refractivity contribution in [3.05, 3.63) is 11.6 Å². The van der Waals surface area contributed by atoms with Crippen LogP contribution in [0.15, 0.2) is 11.6 Å². The van der Waals surface area contributed by atoms with Crippen molar-refractivity contribution >= 4 is 45.7 Å². The normalized spacial score (nSPS) is 41.8. The third-order valence-electron chi connectivity index (χ3n) is 8.03. The number of rotatable bonds is 2. The summed E-state index contributed by atoms with van der Waals surface area (Å²) in [5.41, 5.74) is 1.25. The first kappa shape index (κ1) is 26.2. The standard InChI is InChI=1S/C19H28O5S.Na.2H2O/c1-18-9-7-13(24-25(21,22)23)11-12(18)3-4-14-15-5-6-17(20)19(15,2)10-8-16(14)18;;;/h3,13-16H,4-11H2,1-2H3,(H,21,22,23);;2*1H2/t13-,14-,15-,16-,18-,19-;;;/m0.../s1. The molecule has 0 aromatic carbocycles. The van der Waals surface area contributed by atoms with Gasteiger partial charge in [-0.15, -0.1) is 0 Å². The fourth-order valence-corrected chi connectivity index (χ4v) is 7.16. The quantitative estimate of drug-likeness (QED) is 0.405. The van der Waals surface area contributed by atoms with Crippen molar-refractivity contribution in [3.63, 3.8) is 0 Å². The summed E-state index contributed by atoms with van der Waals surface area (Å²) in [7, 11) is -4.40. The summed E-state index contributed by atoms with van der Waals surface area (Å²) in [4.78, 5) is 12.4. The molecule has 7 nitrogen and oxygen atoms in total. The van der Waals surface area contributed by atoms with Gasteiger partial charge in [0.05, 0.1) is 6.10 Å². The van der Waals surface area contributed by atoms with Gasteiger partial charge in [-0.1, -0.05) is 25.5 Å². The van der Waals surface area contributed by atoms with Crippen LogP contribution < -0.4 is 0 Å². The van der Waals surface area contributed by atoms with Gasteiger partial charge in [0, 0.05) is 41.4 Å². The second-order valence-corrected chi connectivity index (χ2v) is 10.1. The van der Waals surface area contributed by atoms with Crippen LogP contribution in [0.3, 0.4) is 0 Å². The Kier molecular flexibility index (Phi) is 8.20. The van der Waals surface area contributed by atoms with E-state index in [4.69, 9.17) is 8.74 Å². The van der Waals surface area contributed by atoms with Gasteiger partial charge in [0.1, 0.15) is 5.78 Å². The van der Waals surface area contributed by atoms with Gasteiger partial charge in [-0.05, 0) is 68.1 Å². The smallest absolute Gasteiger partial charge is 0.397 e. The molecule has 0 heterocycles. The molecular weight excluding hydrogens is 395 g/mol. The zero-order chi connectivity index (χ0) is 18.0. The molecule has 28 heavy (non-hydrogen) atoms. The van der Waals surface area contributed by atoms with Crippen LogP contribution in [0.25, 0.3) is 0 Å². The minimum Gasteiger partial charge on any atom is -0.412 e. The number of ketones is 1. The summed E-state index contributed by atoms with van der Waals surface area (Å²) in [5.74, 6) is 2.10. The summed E-state index contributed by atoms with van der Waals surface area (Å²) < 4.78 is 35.9. The summed E-state index contributed by atoms with van der Waals surface area (Å²) in [6.07, 6.45) is 8.79. The summed E-state index contributed by atoms with van der Waals surface area (Å²) >= 11 is 0. The minimum absolute atomic E-state index is 0. The van der Waals surface area contributed by atoms with Crippen LogP contribution in [0.4, 0.5) is 0 Å². The van der Waals surface area contributed by atoms with Crippen LogP contribution in [0.5, 0.6) is 0 Å². The number of Topliss-reactive ketones (excluding diaryl/α,β-unsaturated/α-hetero) is 1. The van der Waals surface area contributed by atoms with Crippen LogP contribution in [0.2, 0.25) is 0 Å². The average Bonchev–Trinajstić information content (AvgIpc) is 2.82. The molecule has 0 aliphatic heterocycles. The van der Waals surface area contributed by atoms with Crippen LogP contribution in [-0.4, -0.2) is 65.4 Å². The van der Waals surface area contributed by atoms with Crippen LogP contribution in [0.1, 0.15) is 65.2 Å². The Labute approximate surface area is 189 Å². The SMILES string of the molecule is C[C@]12CC[C@H](OS(=O)(=O)O)CC1=CC[C@@H]1[C@@H]2CC[C@]2(C)C(=O)CC[C@@H]12.O.O.[Na]. The molecular formula is C19H32NaO7S. The summed E-state index contributed by atoms with van der Waals surface area (Å²) in [5, 5.41) is 0. The molecule has 9 heteroatoms. The minimum atomic E-state index is -4.40. The van der Waals surface area contributed by atoms with Crippen molar-refractivity contribution in [1.82, 2.24) is 0 Å². The molecule has 0 saturated heterocycles. The van der Waals surface area contributed by atoms with Crippen LogP contribution in [-0.2, 0) is 19.4 Å². The number of carbonyl (C=O) groups excluding carboxylic acids is 1. The molecule has 0 spiro atoms. The second-order valence-electron chi connectivity index (χ2n) is 9.07. The predicted octanol–water partition coefficient (Wildman–Crippen LogP) is 1.68. The Hall–Kier alpha value is 0.200. The van der Waals surface area contributed by atoms with Crippen LogP contribution >= 0.6 is 0 Å². The molecule has 4 aliphatic carbocycles. The van der Waals surface area contributed by atoms with Gasteiger partial charge < -0.3 is 11.0 Å². The van der Waals surface area contributed by atoms with Gasteiger partial charge in [-0.3, -0.25) is 9.35 Å². The molecule has 1 radical (unpaired) electrons. The predicted molar refractivity (Wildman–Crippen MR) is 106 cm³/mol. The van der Waals surface area contributed by atoms with Crippen molar-refractivity contribution < 1.29 is 32.9 Å². The Bertz CT molecular complexity index is 737. The number of hydrogen-bond acceptors (Lipinski definition) is 4. The molecule has 5 N–H and O–H groups in total. The number of carbonyl (C=O) groups is 1. The zero-order valence-corrected chi connectivity index (χ0v) is 19.8. The molecule has 3 fully saturated rings. The van der Waals surface area contributed by atoms with E-state index >= 15 is 0 Å². The molecule has 6 atom stereocenters. The van der Waals surface area contributed by atoms with Gasteiger partial charge in [0.2, 0.25) is 0 Å². The topological polar surface area (TPSA) is 144 Å². The molecule has 4 aliphatic rings. The molecule has 4 rings (SSSR count). The third-order valence-corrected chi connectivity index (χ3v) is 8.54. The van der Waals surface area contributed by atoms with Gasteiger partial charge in [0.25, 0.3) is 0 Å². The third kappa shape index (κ3) is 4.17. The van der Waals surface area contributed by atoms with Crippen molar-refractivity contribution in [3.8, 4) is 0 Å². The van der Waals surface area contributed by atoms with Gasteiger partial charge in [-0.25, -0.2) is 4.18 Å². The number of hydrogen-bond donors (Lipinski definition) is 1. The molecule has 0 unspecified atom stereocenters. The number of allylic oxidation sites excluding steroid dienone is 1. The fraction of sp³-hybridized carbons (Fsp3) is 0.842. The zero-order valence-electron chi connectivity index (χ0n) is 17.0. The first-order chi connectivity index (χ1) is 11.6. The van der Waals surface area contributed by atoms with E-state index in [1.807, 2.05) is 0 Å². The van der Waals surface area contributed by atoms with Crippen LogP contribution in [0, 0.1) is 28.6 Å². The van der Waals surface area contributed by atoms with E-state index in [2.05, 4.69) is 19.9 Å². The number of fused-ring (bicyclic) bond motifs is 5. The Balaban J connectivity index is 0.00000131. The van der Waals surface area contributed by atoms with Crippen molar-refractivity contribution in [2.45, 2.75) is 71.3 Å². The van der Waals surface area contributed by atoms with E-state index in [9.17, 15) is 13.2 Å². The van der Waals surface area contributed by atoms with E-state index < -0.39 is 16.5 Å². The first-order valence-electron chi connectivity index (χ1n) is 9.52. The fourth-order valence-electron chi connectivity index (χ4n) is 6.65. The monoisotopic (exact) mass is 427 g/mol. The molecule has 157 valence electrons. The molecule has 0 aromatic heterocycles. The average molecular weight is 428 g/mol.